The first-order valence-corrected chi connectivity index (χ1v) is 5.34. The van der Waals surface area contributed by atoms with E-state index in [0.29, 0.717) is 5.92 Å². The average molecular weight is 185 g/mol. The van der Waals surface area contributed by atoms with Crippen LogP contribution in [0.25, 0.3) is 0 Å². The van der Waals surface area contributed by atoms with Crippen molar-refractivity contribution in [1.82, 2.24) is 5.32 Å². The summed E-state index contributed by atoms with van der Waals surface area (Å²) in [5.74, 6) is 0.654. The Hall–Kier alpha value is -0.120. The molecule has 0 aromatic rings. The van der Waals surface area contributed by atoms with Crippen molar-refractivity contribution in [3.05, 3.63) is 0 Å². The minimum absolute atomic E-state index is 0.654. The minimum Gasteiger partial charge on any atom is -0.381 e. The highest BCUT2D eigenvalue weighted by molar-refractivity contribution is 4.80. The van der Waals surface area contributed by atoms with Crippen molar-refractivity contribution in [2.45, 2.75) is 25.3 Å². The van der Waals surface area contributed by atoms with Gasteiger partial charge in [-0.15, -0.1) is 0 Å². The van der Waals surface area contributed by atoms with Crippen LogP contribution >= 0.6 is 0 Å². The van der Waals surface area contributed by atoms with Crippen molar-refractivity contribution in [3.8, 4) is 0 Å². The van der Waals surface area contributed by atoms with E-state index in [0.717, 1.165) is 39.0 Å². The van der Waals surface area contributed by atoms with Gasteiger partial charge in [-0.1, -0.05) is 0 Å². The van der Waals surface area contributed by atoms with Crippen LogP contribution in [0.3, 0.4) is 0 Å². The second-order valence-electron chi connectivity index (χ2n) is 4.03. The first kappa shape index (κ1) is 9.44. The van der Waals surface area contributed by atoms with Crippen LogP contribution in [0, 0.1) is 5.92 Å². The number of ether oxygens (including phenoxy) is 2. The van der Waals surface area contributed by atoms with Crippen LogP contribution in [-0.4, -0.2) is 39.0 Å². The maximum absolute atomic E-state index is 5.55. The fourth-order valence-electron chi connectivity index (χ4n) is 1.59. The summed E-state index contributed by atoms with van der Waals surface area (Å²) in [5, 5.41) is 3.43. The Morgan fingerprint density at radius 2 is 2.23 bits per heavy atom. The molecule has 3 heteroatoms. The number of nitrogens with one attached hydrogen (secondary N) is 1. The molecule has 1 atom stereocenters. The second-order valence-corrected chi connectivity index (χ2v) is 4.03. The predicted molar refractivity (Wildman–Crippen MR) is 50.8 cm³/mol. The molecule has 0 spiro atoms. The van der Waals surface area contributed by atoms with Gasteiger partial charge in [0, 0.05) is 25.1 Å². The molecule has 0 aromatic carbocycles. The molecule has 0 amide bonds. The van der Waals surface area contributed by atoms with Gasteiger partial charge in [0.25, 0.3) is 0 Å². The molecular formula is C10H19NO2. The Morgan fingerprint density at radius 1 is 1.31 bits per heavy atom. The van der Waals surface area contributed by atoms with Crippen LogP contribution in [0.2, 0.25) is 0 Å². The fraction of sp³-hybridized carbons (Fsp3) is 1.00. The molecule has 2 rings (SSSR count). The van der Waals surface area contributed by atoms with Crippen molar-refractivity contribution in [2.75, 3.05) is 33.0 Å². The summed E-state index contributed by atoms with van der Waals surface area (Å²) in [4.78, 5) is 0. The molecule has 2 aliphatic rings. The van der Waals surface area contributed by atoms with Gasteiger partial charge in [0.15, 0.2) is 0 Å². The van der Waals surface area contributed by atoms with E-state index in [9.17, 15) is 0 Å². The van der Waals surface area contributed by atoms with Crippen LogP contribution < -0.4 is 5.32 Å². The van der Waals surface area contributed by atoms with Crippen LogP contribution in [0.15, 0.2) is 0 Å². The van der Waals surface area contributed by atoms with E-state index in [-0.39, 0.29) is 0 Å². The highest BCUT2D eigenvalue weighted by Crippen LogP contribution is 2.18. The number of hydrogen-bond acceptors (Lipinski definition) is 3. The molecule has 1 saturated carbocycles. The van der Waals surface area contributed by atoms with E-state index < -0.39 is 0 Å². The first-order valence-electron chi connectivity index (χ1n) is 5.34. The largest absolute Gasteiger partial charge is 0.381 e. The van der Waals surface area contributed by atoms with E-state index in [1.165, 1.54) is 19.3 Å². The van der Waals surface area contributed by atoms with Gasteiger partial charge in [-0.25, -0.2) is 0 Å². The van der Waals surface area contributed by atoms with Crippen molar-refractivity contribution in [2.24, 2.45) is 5.92 Å². The molecule has 76 valence electrons. The summed E-state index contributed by atoms with van der Waals surface area (Å²) in [5.41, 5.74) is 0. The van der Waals surface area contributed by atoms with Gasteiger partial charge in [0.2, 0.25) is 0 Å². The number of rotatable bonds is 6. The van der Waals surface area contributed by atoms with Crippen molar-refractivity contribution < 1.29 is 9.47 Å². The SMILES string of the molecule is C(COCC1CCOC1)NC1CC1. The average Bonchev–Trinajstić information content (AvgIpc) is 2.81. The fourth-order valence-corrected chi connectivity index (χ4v) is 1.59. The normalized spacial score (nSPS) is 28.2. The summed E-state index contributed by atoms with van der Waals surface area (Å²) in [6, 6.07) is 0.804. The van der Waals surface area contributed by atoms with Crippen LogP contribution in [-0.2, 0) is 9.47 Å². The third-order valence-electron chi connectivity index (χ3n) is 2.63. The lowest BCUT2D eigenvalue weighted by Gasteiger charge is -2.08. The lowest BCUT2D eigenvalue weighted by atomic mass is 10.1. The highest BCUT2D eigenvalue weighted by atomic mass is 16.5. The molecule has 1 heterocycles. The van der Waals surface area contributed by atoms with Crippen LogP contribution in [0.1, 0.15) is 19.3 Å². The van der Waals surface area contributed by atoms with E-state index in [4.69, 9.17) is 9.47 Å². The Labute approximate surface area is 79.8 Å². The van der Waals surface area contributed by atoms with E-state index in [1.54, 1.807) is 0 Å². The van der Waals surface area contributed by atoms with Gasteiger partial charge in [0.1, 0.15) is 0 Å². The topological polar surface area (TPSA) is 30.5 Å². The highest BCUT2D eigenvalue weighted by Gasteiger charge is 2.19. The third-order valence-corrected chi connectivity index (χ3v) is 2.63. The minimum atomic E-state index is 0.654. The predicted octanol–water partition coefficient (Wildman–Crippen LogP) is 0.791. The summed E-state index contributed by atoms with van der Waals surface area (Å²) < 4.78 is 10.8. The van der Waals surface area contributed by atoms with E-state index in [1.807, 2.05) is 0 Å². The maximum Gasteiger partial charge on any atom is 0.0591 e. The molecule has 1 N–H and O–H groups in total. The molecule has 3 nitrogen and oxygen atoms in total. The zero-order chi connectivity index (χ0) is 8.93. The van der Waals surface area contributed by atoms with Gasteiger partial charge in [-0.05, 0) is 19.3 Å². The lowest BCUT2D eigenvalue weighted by Crippen LogP contribution is -2.23. The Morgan fingerprint density at radius 3 is 2.92 bits per heavy atom. The molecule has 0 aromatic heterocycles. The standard InChI is InChI=1S/C10H19NO2/c1-2-10(1)11-4-6-13-8-9-3-5-12-7-9/h9-11H,1-8H2. The van der Waals surface area contributed by atoms with Gasteiger partial charge in [-0.2, -0.15) is 0 Å². The third kappa shape index (κ3) is 3.63. The van der Waals surface area contributed by atoms with Crippen molar-refractivity contribution in [1.29, 1.82) is 0 Å². The lowest BCUT2D eigenvalue weighted by molar-refractivity contribution is 0.0912. The molecule has 13 heavy (non-hydrogen) atoms. The monoisotopic (exact) mass is 185 g/mol. The Bertz CT molecular complexity index is 142. The molecule has 1 unspecified atom stereocenters. The Balaban J connectivity index is 1.39. The number of hydrogen-bond donors (Lipinski definition) is 1. The second kappa shape index (κ2) is 4.94. The molecule has 1 saturated heterocycles. The summed E-state index contributed by atoms with van der Waals surface area (Å²) in [7, 11) is 0. The van der Waals surface area contributed by atoms with Crippen LogP contribution in [0.5, 0.6) is 0 Å². The van der Waals surface area contributed by atoms with Gasteiger partial charge < -0.3 is 14.8 Å². The summed E-state index contributed by atoms with van der Waals surface area (Å²) >= 11 is 0. The zero-order valence-electron chi connectivity index (χ0n) is 8.13. The van der Waals surface area contributed by atoms with Crippen molar-refractivity contribution >= 4 is 0 Å². The maximum atomic E-state index is 5.55. The quantitative estimate of drug-likeness (QED) is 0.621. The van der Waals surface area contributed by atoms with Gasteiger partial charge >= 0.3 is 0 Å². The summed E-state index contributed by atoms with van der Waals surface area (Å²) in [6.45, 7) is 4.57. The Kier molecular flexibility index (Phi) is 3.58. The smallest absolute Gasteiger partial charge is 0.0591 e. The molecule has 0 bridgehead atoms. The molecule has 1 aliphatic heterocycles. The molecule has 1 aliphatic carbocycles. The van der Waals surface area contributed by atoms with Crippen molar-refractivity contribution in [3.63, 3.8) is 0 Å². The zero-order valence-corrected chi connectivity index (χ0v) is 8.13. The molecule has 0 radical (unpaired) electrons. The van der Waals surface area contributed by atoms with E-state index >= 15 is 0 Å². The molecular weight excluding hydrogens is 166 g/mol. The molecule has 2 fully saturated rings. The first-order chi connectivity index (χ1) is 6.45. The van der Waals surface area contributed by atoms with Gasteiger partial charge in [-0.3, -0.25) is 0 Å². The van der Waals surface area contributed by atoms with Crippen LogP contribution in [0.4, 0.5) is 0 Å². The van der Waals surface area contributed by atoms with Gasteiger partial charge in [0.05, 0.1) is 19.8 Å². The summed E-state index contributed by atoms with van der Waals surface area (Å²) in [6.07, 6.45) is 3.89. The van der Waals surface area contributed by atoms with E-state index in [2.05, 4.69) is 5.32 Å².